The lowest BCUT2D eigenvalue weighted by molar-refractivity contribution is 0.0696. The molecule has 2 N–H and O–H groups in total. The Labute approximate surface area is 249 Å². The number of anilines is 1. The maximum absolute atomic E-state index is 13.2. The van der Waals surface area contributed by atoms with Gasteiger partial charge in [0.05, 0.1) is 22.2 Å². The SMILES string of the molecule is O=C(O)c1ccc2c(c1)nc(-c1ccc(C(=O)CCc3ccccc3NC(=O)c3cccnc3)cc1)n2C1CCCCC1. The van der Waals surface area contributed by atoms with Crippen LogP contribution in [0.3, 0.4) is 0 Å². The molecule has 1 saturated carbocycles. The van der Waals surface area contributed by atoms with Crippen molar-refractivity contribution < 1.29 is 19.5 Å². The fourth-order valence-corrected chi connectivity index (χ4v) is 5.89. The Morgan fingerprint density at radius 2 is 1.63 bits per heavy atom. The minimum absolute atomic E-state index is 0.00632. The summed E-state index contributed by atoms with van der Waals surface area (Å²) in [6, 6.07) is 23.9. The van der Waals surface area contributed by atoms with Gasteiger partial charge in [0.2, 0.25) is 0 Å². The number of aryl methyl sites for hydroxylation is 1. The number of carboxylic acids is 1. The third-order valence-electron chi connectivity index (χ3n) is 8.15. The zero-order valence-electron chi connectivity index (χ0n) is 23.7. The molecule has 0 saturated heterocycles. The second kappa shape index (κ2) is 12.4. The van der Waals surface area contributed by atoms with Crippen LogP contribution in [0.4, 0.5) is 5.69 Å². The Hall–Kier alpha value is -5.11. The van der Waals surface area contributed by atoms with Crippen molar-refractivity contribution in [1.82, 2.24) is 14.5 Å². The number of ketones is 1. The van der Waals surface area contributed by atoms with Crippen LogP contribution < -0.4 is 5.32 Å². The number of para-hydroxylation sites is 1. The van der Waals surface area contributed by atoms with Crippen molar-refractivity contribution in [3.63, 3.8) is 0 Å². The van der Waals surface area contributed by atoms with E-state index in [0.717, 1.165) is 48.2 Å². The molecule has 43 heavy (non-hydrogen) atoms. The zero-order valence-corrected chi connectivity index (χ0v) is 23.7. The van der Waals surface area contributed by atoms with Crippen LogP contribution in [-0.2, 0) is 6.42 Å². The van der Waals surface area contributed by atoms with Gasteiger partial charge in [0.15, 0.2) is 5.78 Å². The molecule has 1 amide bonds. The number of carboxylic acid groups (broad SMARTS) is 1. The molecule has 1 aliphatic rings. The number of hydrogen-bond donors (Lipinski definition) is 2. The molecule has 8 nitrogen and oxygen atoms in total. The molecule has 1 fully saturated rings. The summed E-state index contributed by atoms with van der Waals surface area (Å²) in [6.45, 7) is 0. The van der Waals surface area contributed by atoms with Crippen LogP contribution in [0.2, 0.25) is 0 Å². The van der Waals surface area contributed by atoms with Gasteiger partial charge < -0.3 is 15.0 Å². The van der Waals surface area contributed by atoms with Crippen LogP contribution in [-0.4, -0.2) is 37.3 Å². The fourth-order valence-electron chi connectivity index (χ4n) is 5.89. The first-order chi connectivity index (χ1) is 21.0. The summed E-state index contributed by atoms with van der Waals surface area (Å²) in [5.74, 6) is -0.425. The normalized spacial score (nSPS) is 13.6. The first-order valence-corrected chi connectivity index (χ1v) is 14.7. The Bertz CT molecular complexity index is 1790. The van der Waals surface area contributed by atoms with Gasteiger partial charge in [0, 0.05) is 41.7 Å². The van der Waals surface area contributed by atoms with Crippen molar-refractivity contribution in [2.45, 2.75) is 51.0 Å². The van der Waals surface area contributed by atoms with Gasteiger partial charge in [-0.2, -0.15) is 0 Å². The van der Waals surface area contributed by atoms with Gasteiger partial charge in [-0.3, -0.25) is 14.6 Å². The molecule has 0 atom stereocenters. The van der Waals surface area contributed by atoms with Crippen molar-refractivity contribution in [3.8, 4) is 11.4 Å². The van der Waals surface area contributed by atoms with Gasteiger partial charge in [-0.15, -0.1) is 0 Å². The third-order valence-corrected chi connectivity index (χ3v) is 8.15. The van der Waals surface area contributed by atoms with Gasteiger partial charge in [-0.1, -0.05) is 61.7 Å². The maximum Gasteiger partial charge on any atom is 0.335 e. The smallest absolute Gasteiger partial charge is 0.335 e. The van der Waals surface area contributed by atoms with Crippen molar-refractivity contribution in [2.75, 3.05) is 5.32 Å². The molecule has 0 radical (unpaired) electrons. The lowest BCUT2D eigenvalue weighted by atomic mass is 9.94. The topological polar surface area (TPSA) is 114 Å². The number of Topliss-reactive ketones (excluding diaryl/α,β-unsaturated/α-hetero) is 1. The van der Waals surface area contributed by atoms with Crippen molar-refractivity contribution in [2.24, 2.45) is 0 Å². The van der Waals surface area contributed by atoms with Gasteiger partial charge in [0.1, 0.15) is 5.82 Å². The quantitative estimate of drug-likeness (QED) is 0.178. The summed E-state index contributed by atoms with van der Waals surface area (Å²) >= 11 is 0. The first kappa shape index (κ1) is 28.0. The third kappa shape index (κ3) is 6.09. The number of nitrogens with zero attached hydrogens (tertiary/aromatic N) is 3. The number of rotatable bonds is 9. The highest BCUT2D eigenvalue weighted by Gasteiger charge is 2.23. The minimum Gasteiger partial charge on any atom is -0.478 e. The van der Waals surface area contributed by atoms with Gasteiger partial charge >= 0.3 is 5.97 Å². The molecule has 2 heterocycles. The molecule has 8 heteroatoms. The van der Waals surface area contributed by atoms with Crippen LogP contribution in [0.15, 0.2) is 91.3 Å². The Morgan fingerprint density at radius 1 is 0.860 bits per heavy atom. The number of aromatic carboxylic acids is 1. The van der Waals surface area contributed by atoms with E-state index in [-0.39, 0.29) is 23.7 Å². The van der Waals surface area contributed by atoms with Crippen molar-refractivity contribution in [1.29, 1.82) is 0 Å². The zero-order chi connectivity index (χ0) is 29.8. The molecule has 0 aliphatic heterocycles. The van der Waals surface area contributed by atoms with Crippen molar-refractivity contribution >= 4 is 34.4 Å². The minimum atomic E-state index is -0.975. The summed E-state index contributed by atoms with van der Waals surface area (Å²) in [6.07, 6.45) is 9.54. The van der Waals surface area contributed by atoms with Crippen LogP contribution in [0.1, 0.15) is 81.2 Å². The lowest BCUT2D eigenvalue weighted by Crippen LogP contribution is -2.14. The van der Waals surface area contributed by atoms with Gasteiger partial charge in [0.25, 0.3) is 5.91 Å². The molecule has 0 bridgehead atoms. The van der Waals surface area contributed by atoms with Crippen molar-refractivity contribution in [3.05, 3.63) is 114 Å². The number of aromatic nitrogens is 3. The standard InChI is InChI=1S/C35H32N4O4/c40-32(19-17-23-7-4-5-11-29(23)38-34(41)27-8-6-20-36-22-27)24-12-14-25(15-13-24)33-37-30-21-26(35(42)43)16-18-31(30)39(33)28-9-2-1-3-10-28/h4-8,11-16,18,20-22,28H,1-3,9-10,17,19H2,(H,38,41)(H,42,43). The van der Waals surface area contributed by atoms with E-state index in [2.05, 4.69) is 14.9 Å². The lowest BCUT2D eigenvalue weighted by Gasteiger charge is -2.25. The average Bonchev–Trinajstić information content (AvgIpc) is 3.44. The van der Waals surface area contributed by atoms with E-state index < -0.39 is 5.97 Å². The summed E-state index contributed by atoms with van der Waals surface area (Å²) in [4.78, 5) is 46.3. The van der Waals surface area contributed by atoms with Gasteiger partial charge in [-0.25, -0.2) is 9.78 Å². The van der Waals surface area contributed by atoms with E-state index in [1.807, 2.05) is 54.6 Å². The van der Waals surface area contributed by atoms with E-state index in [9.17, 15) is 19.5 Å². The molecule has 0 unspecified atom stereocenters. The van der Waals surface area contributed by atoms with E-state index in [1.54, 1.807) is 30.5 Å². The summed E-state index contributed by atoms with van der Waals surface area (Å²) in [5, 5.41) is 12.4. The molecule has 1 aliphatic carbocycles. The number of imidazole rings is 1. The number of amides is 1. The van der Waals surface area contributed by atoms with Gasteiger partial charge in [-0.05, 0) is 61.2 Å². The number of carbonyl (C=O) groups excluding carboxylic acids is 2. The number of benzene rings is 3. The predicted octanol–water partition coefficient (Wildman–Crippen LogP) is 7.37. The second-order valence-electron chi connectivity index (χ2n) is 11.0. The fraction of sp³-hybridized carbons (Fsp3) is 0.229. The number of hydrogen-bond acceptors (Lipinski definition) is 5. The average molecular weight is 573 g/mol. The van der Waals surface area contributed by atoms with E-state index in [1.165, 1.54) is 12.6 Å². The molecule has 2 aromatic heterocycles. The highest BCUT2D eigenvalue weighted by Crippen LogP contribution is 2.36. The Balaban J connectivity index is 1.20. The first-order valence-electron chi connectivity index (χ1n) is 14.7. The maximum atomic E-state index is 13.2. The summed E-state index contributed by atoms with van der Waals surface area (Å²) < 4.78 is 2.26. The monoisotopic (exact) mass is 572 g/mol. The molecule has 216 valence electrons. The largest absolute Gasteiger partial charge is 0.478 e. The van der Waals surface area contributed by atoms with Crippen LogP contribution in [0, 0.1) is 0 Å². The number of nitrogens with one attached hydrogen (secondary N) is 1. The second-order valence-corrected chi connectivity index (χ2v) is 11.0. The van der Waals surface area contributed by atoms with E-state index in [0.29, 0.717) is 34.8 Å². The Morgan fingerprint density at radius 3 is 2.37 bits per heavy atom. The molecular weight excluding hydrogens is 540 g/mol. The number of carbonyl (C=O) groups is 3. The summed E-state index contributed by atoms with van der Waals surface area (Å²) in [7, 11) is 0. The molecule has 0 spiro atoms. The summed E-state index contributed by atoms with van der Waals surface area (Å²) in [5.41, 5.74) is 5.32. The molecule has 3 aromatic carbocycles. The van der Waals surface area contributed by atoms with Crippen LogP contribution in [0.5, 0.6) is 0 Å². The number of fused-ring (bicyclic) bond motifs is 1. The van der Waals surface area contributed by atoms with Crippen LogP contribution >= 0.6 is 0 Å². The van der Waals surface area contributed by atoms with E-state index >= 15 is 0 Å². The highest BCUT2D eigenvalue weighted by molar-refractivity contribution is 6.04. The Kier molecular flexibility index (Phi) is 8.09. The van der Waals surface area contributed by atoms with Crippen LogP contribution in [0.25, 0.3) is 22.4 Å². The highest BCUT2D eigenvalue weighted by atomic mass is 16.4. The molecule has 6 rings (SSSR count). The molecule has 5 aromatic rings. The predicted molar refractivity (Wildman–Crippen MR) is 166 cm³/mol. The molecular formula is C35H32N4O4. The van der Waals surface area contributed by atoms with E-state index in [4.69, 9.17) is 4.98 Å². The number of pyridine rings is 1.